The summed E-state index contributed by atoms with van der Waals surface area (Å²) in [5.74, 6) is 0.531. The number of aryl methyl sites for hydroxylation is 1. The summed E-state index contributed by atoms with van der Waals surface area (Å²) in [6, 6.07) is 8.72. The van der Waals surface area contributed by atoms with Crippen LogP contribution in [0.5, 0.6) is 11.5 Å². The second-order valence-electron chi connectivity index (χ2n) is 6.04. The summed E-state index contributed by atoms with van der Waals surface area (Å²) in [7, 11) is -3.71. The molecule has 0 bridgehead atoms. The van der Waals surface area contributed by atoms with Gasteiger partial charge in [0.2, 0.25) is 0 Å². The Labute approximate surface area is 149 Å². The summed E-state index contributed by atoms with van der Waals surface area (Å²) in [4.78, 5) is 0. The van der Waals surface area contributed by atoms with Gasteiger partial charge in [-0.05, 0) is 38.0 Å². The van der Waals surface area contributed by atoms with E-state index in [9.17, 15) is 9.67 Å². The average Bonchev–Trinajstić information content (AvgIpc) is 2.58. The van der Waals surface area contributed by atoms with Crippen molar-refractivity contribution < 1.29 is 23.2 Å². The van der Waals surface area contributed by atoms with E-state index in [1.54, 1.807) is 6.07 Å². The Morgan fingerprint density at radius 3 is 2.20 bits per heavy atom. The number of phenolic OH excluding ortho intramolecular Hbond substituents is 1. The molecular formula is C19H27O5P. The molecule has 2 aromatic rings. The largest absolute Gasteiger partial charge is 0.530 e. The first-order chi connectivity index (χ1) is 12.0. The second-order valence-corrected chi connectivity index (χ2v) is 7.64. The molecule has 25 heavy (non-hydrogen) atoms. The summed E-state index contributed by atoms with van der Waals surface area (Å²) in [6.07, 6.45) is 3.41. The van der Waals surface area contributed by atoms with Gasteiger partial charge in [-0.15, -0.1) is 0 Å². The molecule has 1 N–H and O–H groups in total. The third-order valence-electron chi connectivity index (χ3n) is 3.81. The maximum absolute atomic E-state index is 13.0. The smallest absolute Gasteiger partial charge is 0.507 e. The molecule has 5 nitrogen and oxygen atoms in total. The summed E-state index contributed by atoms with van der Waals surface area (Å²) in [5.41, 5.74) is 1.02. The predicted octanol–water partition coefficient (Wildman–Crippen LogP) is 5.97. The lowest BCUT2D eigenvalue weighted by molar-refractivity contribution is 0.152. The van der Waals surface area contributed by atoms with Gasteiger partial charge >= 0.3 is 7.82 Å². The van der Waals surface area contributed by atoms with Crippen molar-refractivity contribution in [2.75, 3.05) is 13.2 Å². The first kappa shape index (κ1) is 19.8. The zero-order valence-corrected chi connectivity index (χ0v) is 16.1. The van der Waals surface area contributed by atoms with E-state index in [2.05, 4.69) is 0 Å². The van der Waals surface area contributed by atoms with Crippen molar-refractivity contribution in [2.45, 2.75) is 46.5 Å². The highest BCUT2D eigenvalue weighted by Crippen LogP contribution is 2.51. The molecule has 0 fully saturated rings. The Bertz CT molecular complexity index is 730. The van der Waals surface area contributed by atoms with E-state index >= 15 is 0 Å². The minimum Gasteiger partial charge on any atom is -0.507 e. The van der Waals surface area contributed by atoms with E-state index in [0.29, 0.717) is 29.7 Å². The molecule has 0 heterocycles. The van der Waals surface area contributed by atoms with Gasteiger partial charge in [0.05, 0.1) is 13.2 Å². The third kappa shape index (κ3) is 5.46. The first-order valence-electron chi connectivity index (χ1n) is 8.80. The van der Waals surface area contributed by atoms with E-state index in [4.69, 9.17) is 13.6 Å². The molecule has 0 aliphatic carbocycles. The fourth-order valence-corrected chi connectivity index (χ4v) is 3.64. The van der Waals surface area contributed by atoms with E-state index in [-0.39, 0.29) is 5.75 Å². The summed E-state index contributed by atoms with van der Waals surface area (Å²) < 4.78 is 29.6. The van der Waals surface area contributed by atoms with Crippen LogP contribution in [0.3, 0.4) is 0 Å². The maximum atomic E-state index is 13.0. The molecule has 138 valence electrons. The van der Waals surface area contributed by atoms with Gasteiger partial charge in [0.15, 0.2) is 0 Å². The Morgan fingerprint density at radius 2 is 1.60 bits per heavy atom. The minimum absolute atomic E-state index is 0.152. The number of aromatic hydroxyl groups is 1. The van der Waals surface area contributed by atoms with Crippen molar-refractivity contribution >= 4 is 18.6 Å². The third-order valence-corrected chi connectivity index (χ3v) is 5.23. The predicted molar refractivity (Wildman–Crippen MR) is 100 cm³/mol. The molecule has 0 unspecified atom stereocenters. The topological polar surface area (TPSA) is 65.0 Å². The highest BCUT2D eigenvalue weighted by molar-refractivity contribution is 7.48. The minimum atomic E-state index is -3.71. The van der Waals surface area contributed by atoms with Crippen molar-refractivity contribution in [3.63, 3.8) is 0 Å². The van der Waals surface area contributed by atoms with Gasteiger partial charge in [-0.2, -0.15) is 0 Å². The zero-order chi connectivity index (χ0) is 18.3. The van der Waals surface area contributed by atoms with Crippen molar-refractivity contribution in [1.29, 1.82) is 0 Å². The van der Waals surface area contributed by atoms with Crippen molar-refractivity contribution in [3.05, 3.63) is 35.9 Å². The van der Waals surface area contributed by atoms with E-state index in [1.165, 1.54) is 6.07 Å². The zero-order valence-electron chi connectivity index (χ0n) is 15.2. The molecule has 0 aromatic heterocycles. The highest BCUT2D eigenvalue weighted by Gasteiger charge is 2.29. The van der Waals surface area contributed by atoms with Crippen molar-refractivity contribution in [1.82, 2.24) is 0 Å². The fourth-order valence-electron chi connectivity index (χ4n) is 2.35. The number of hydrogen-bond donors (Lipinski definition) is 1. The van der Waals surface area contributed by atoms with Gasteiger partial charge in [-0.25, -0.2) is 4.57 Å². The van der Waals surface area contributed by atoms with Gasteiger partial charge in [0, 0.05) is 10.8 Å². The van der Waals surface area contributed by atoms with Crippen LogP contribution in [0.25, 0.3) is 10.8 Å². The van der Waals surface area contributed by atoms with Gasteiger partial charge in [0.25, 0.3) is 0 Å². The van der Waals surface area contributed by atoms with E-state index < -0.39 is 7.82 Å². The maximum Gasteiger partial charge on any atom is 0.530 e. The average molecular weight is 366 g/mol. The normalized spacial score (nSPS) is 11.8. The highest BCUT2D eigenvalue weighted by atomic mass is 31.2. The van der Waals surface area contributed by atoms with Crippen LogP contribution >= 0.6 is 7.82 Å². The van der Waals surface area contributed by atoms with Crippen LogP contribution in [0, 0.1) is 6.92 Å². The van der Waals surface area contributed by atoms with Gasteiger partial charge < -0.3 is 9.63 Å². The number of phosphoric ester groups is 1. The molecule has 0 radical (unpaired) electrons. The molecule has 0 amide bonds. The van der Waals surface area contributed by atoms with Crippen LogP contribution in [-0.2, 0) is 13.6 Å². The van der Waals surface area contributed by atoms with Crippen LogP contribution in [0.1, 0.15) is 45.1 Å². The first-order valence-corrected chi connectivity index (χ1v) is 10.3. The molecule has 0 atom stereocenters. The van der Waals surface area contributed by atoms with Crippen LogP contribution in [0.15, 0.2) is 30.3 Å². The quantitative estimate of drug-likeness (QED) is 0.414. The summed E-state index contributed by atoms with van der Waals surface area (Å²) in [6.45, 7) is 6.63. The summed E-state index contributed by atoms with van der Waals surface area (Å²) >= 11 is 0. The van der Waals surface area contributed by atoms with Crippen LogP contribution < -0.4 is 4.52 Å². The number of rotatable bonds is 10. The number of fused-ring (bicyclic) bond motifs is 1. The SMILES string of the molecule is CCCCOP(=O)(OCCCC)Oc1ccc(O)c2cc(C)ccc12. The lowest BCUT2D eigenvalue weighted by Crippen LogP contribution is -2.05. The Balaban J connectivity index is 2.29. The monoisotopic (exact) mass is 366 g/mol. The molecule has 2 aromatic carbocycles. The van der Waals surface area contributed by atoms with Crippen LogP contribution in [-0.4, -0.2) is 18.3 Å². The number of phenols is 1. The fraction of sp³-hybridized carbons (Fsp3) is 0.474. The summed E-state index contributed by atoms with van der Waals surface area (Å²) in [5, 5.41) is 11.4. The molecule has 0 saturated carbocycles. The Hall–Kier alpha value is -1.55. The lowest BCUT2D eigenvalue weighted by atomic mass is 10.1. The van der Waals surface area contributed by atoms with Gasteiger partial charge in [-0.3, -0.25) is 9.05 Å². The van der Waals surface area contributed by atoms with E-state index in [1.807, 2.05) is 39.0 Å². The lowest BCUT2D eigenvalue weighted by Gasteiger charge is -2.19. The Morgan fingerprint density at radius 1 is 0.960 bits per heavy atom. The number of phosphoric acid groups is 1. The van der Waals surface area contributed by atoms with Crippen LogP contribution in [0.2, 0.25) is 0 Å². The molecular weight excluding hydrogens is 339 g/mol. The van der Waals surface area contributed by atoms with E-state index in [0.717, 1.165) is 31.2 Å². The van der Waals surface area contributed by atoms with Gasteiger partial charge in [-0.1, -0.05) is 44.4 Å². The molecule has 0 aliphatic heterocycles. The number of hydrogen-bond acceptors (Lipinski definition) is 5. The van der Waals surface area contributed by atoms with Gasteiger partial charge in [0.1, 0.15) is 11.5 Å². The molecule has 0 aliphatic rings. The number of unbranched alkanes of at least 4 members (excludes halogenated alkanes) is 2. The molecule has 0 spiro atoms. The molecule has 6 heteroatoms. The number of benzene rings is 2. The van der Waals surface area contributed by atoms with Crippen molar-refractivity contribution in [3.8, 4) is 11.5 Å². The Kier molecular flexibility index (Phi) is 7.30. The second kappa shape index (κ2) is 9.23. The van der Waals surface area contributed by atoms with Crippen molar-refractivity contribution in [2.24, 2.45) is 0 Å². The molecule has 2 rings (SSSR count). The standard InChI is InChI=1S/C19H27O5P/c1-4-6-12-22-25(21,23-13-7-5-2)24-19-11-10-18(20)17-14-15(3)8-9-16(17)19/h8-11,14,20H,4-7,12-13H2,1-3H3. The molecule has 0 saturated heterocycles. The van der Waals surface area contributed by atoms with Crippen LogP contribution in [0.4, 0.5) is 0 Å².